The molecule has 240 valence electrons. The molecule has 5 aromatic rings. The second kappa shape index (κ2) is 14.4. The Morgan fingerprint density at radius 3 is 1.30 bits per heavy atom. The summed E-state index contributed by atoms with van der Waals surface area (Å²) in [5.74, 6) is 4.58. The molecule has 0 saturated heterocycles. The van der Waals surface area contributed by atoms with Crippen LogP contribution in [0, 0.1) is 0 Å². The van der Waals surface area contributed by atoms with Crippen molar-refractivity contribution < 1.29 is 9.47 Å². The zero-order valence-electron chi connectivity index (χ0n) is 27.2. The monoisotopic (exact) mass is 622 g/mol. The van der Waals surface area contributed by atoms with Gasteiger partial charge in [-0.25, -0.2) is 0 Å². The molecule has 2 saturated carbocycles. The highest BCUT2D eigenvalue weighted by molar-refractivity contribution is 5.53. The van der Waals surface area contributed by atoms with Gasteiger partial charge in [0.25, 0.3) is 0 Å². The normalized spacial score (nSPS) is 15.9. The van der Waals surface area contributed by atoms with Crippen LogP contribution in [-0.4, -0.2) is 0 Å². The van der Waals surface area contributed by atoms with Gasteiger partial charge in [0.2, 0.25) is 0 Å². The zero-order valence-corrected chi connectivity index (χ0v) is 27.2. The molecule has 0 amide bonds. The summed E-state index contributed by atoms with van der Waals surface area (Å²) in [4.78, 5) is 0. The average molecular weight is 623 g/mol. The van der Waals surface area contributed by atoms with Gasteiger partial charge in [-0.2, -0.15) is 0 Å². The molecule has 2 fully saturated rings. The Bertz CT molecular complexity index is 1640. The van der Waals surface area contributed by atoms with Crippen LogP contribution >= 0.6 is 0 Å². The fraction of sp³-hybridized carbons (Fsp3) is 0.302. The molecular weight excluding hydrogens is 576 g/mol. The Balaban J connectivity index is 1.31. The number of hydrogen-bond acceptors (Lipinski definition) is 4. The van der Waals surface area contributed by atoms with E-state index in [-0.39, 0.29) is 5.92 Å². The lowest BCUT2D eigenvalue weighted by Crippen LogP contribution is -2.11. The molecule has 4 heteroatoms. The Kier molecular flexibility index (Phi) is 9.46. The lowest BCUT2D eigenvalue weighted by atomic mass is 9.78. The van der Waals surface area contributed by atoms with Crippen molar-refractivity contribution >= 4 is 11.4 Å². The molecule has 2 aliphatic carbocycles. The Labute approximate surface area is 279 Å². The predicted molar refractivity (Wildman–Crippen MR) is 194 cm³/mol. The van der Waals surface area contributed by atoms with E-state index in [9.17, 15) is 0 Å². The first-order valence-electron chi connectivity index (χ1n) is 17.5. The van der Waals surface area contributed by atoms with E-state index in [4.69, 9.17) is 20.9 Å². The number of anilines is 2. The van der Waals surface area contributed by atoms with Crippen LogP contribution in [-0.2, 0) is 0 Å². The molecular formula is C43H46N2O2. The van der Waals surface area contributed by atoms with E-state index in [1.165, 1.54) is 92.0 Å². The minimum atomic E-state index is 0.0806. The molecule has 0 heterocycles. The van der Waals surface area contributed by atoms with Gasteiger partial charge >= 0.3 is 0 Å². The molecule has 7 rings (SSSR count). The SMILES string of the molecule is Nc1ccc(Oc2ccc(C(c3ccccc3)c3ccc(Oc4ccc(N)cc4)c(C4CCCCC4)c3)cc2C2CCCCC2)cc1. The minimum absolute atomic E-state index is 0.0806. The van der Waals surface area contributed by atoms with Crippen molar-refractivity contribution in [3.63, 3.8) is 0 Å². The van der Waals surface area contributed by atoms with Crippen molar-refractivity contribution in [2.24, 2.45) is 0 Å². The van der Waals surface area contributed by atoms with Gasteiger partial charge in [0.15, 0.2) is 0 Å². The molecule has 0 radical (unpaired) electrons. The summed E-state index contributed by atoms with van der Waals surface area (Å²) >= 11 is 0. The van der Waals surface area contributed by atoms with E-state index in [1.807, 2.05) is 48.5 Å². The summed E-state index contributed by atoms with van der Waals surface area (Å²) in [7, 11) is 0. The van der Waals surface area contributed by atoms with Crippen molar-refractivity contribution in [1.82, 2.24) is 0 Å². The average Bonchev–Trinajstić information content (AvgIpc) is 3.12. The Morgan fingerprint density at radius 2 is 0.872 bits per heavy atom. The van der Waals surface area contributed by atoms with Gasteiger partial charge in [0, 0.05) is 17.3 Å². The summed E-state index contributed by atoms with van der Waals surface area (Å²) in [6, 6.07) is 40.2. The fourth-order valence-electron chi connectivity index (χ4n) is 7.69. The standard InChI is InChI=1S/C43H46N2O2/c44-35-18-22-37(23-19-35)46-41-26-16-33(28-39(41)30-10-4-1-5-11-30)43(32-14-8-3-9-15-32)34-17-27-42(47-38-24-20-36(45)21-25-38)40(29-34)31-12-6-2-7-13-31/h3,8-9,14-31,43H,1-2,4-7,10-13,44-45H2. The quantitative estimate of drug-likeness (QED) is 0.127. The first-order chi connectivity index (χ1) is 23.1. The first-order valence-corrected chi connectivity index (χ1v) is 17.5. The van der Waals surface area contributed by atoms with Gasteiger partial charge in [-0.3, -0.25) is 0 Å². The first kappa shape index (κ1) is 30.9. The molecule has 0 atom stereocenters. The zero-order chi connectivity index (χ0) is 32.0. The maximum atomic E-state index is 6.56. The third-order valence-electron chi connectivity index (χ3n) is 10.2. The van der Waals surface area contributed by atoms with Crippen LogP contribution in [0.3, 0.4) is 0 Å². The molecule has 4 N–H and O–H groups in total. The molecule has 0 unspecified atom stereocenters. The van der Waals surface area contributed by atoms with E-state index in [0.717, 1.165) is 34.4 Å². The van der Waals surface area contributed by atoms with Crippen LogP contribution in [0.4, 0.5) is 11.4 Å². The summed E-state index contributed by atoms with van der Waals surface area (Å²) in [5.41, 5.74) is 19.9. The second-order valence-corrected chi connectivity index (χ2v) is 13.5. The van der Waals surface area contributed by atoms with E-state index in [0.29, 0.717) is 11.8 Å². The minimum Gasteiger partial charge on any atom is -0.457 e. The molecule has 0 bridgehead atoms. The topological polar surface area (TPSA) is 70.5 Å². The molecule has 0 spiro atoms. The molecule has 0 aliphatic heterocycles. The number of nitrogens with two attached hydrogens (primary N) is 2. The van der Waals surface area contributed by atoms with Crippen molar-refractivity contribution in [3.05, 3.63) is 143 Å². The molecule has 0 aromatic heterocycles. The van der Waals surface area contributed by atoms with E-state index in [2.05, 4.69) is 66.7 Å². The summed E-state index contributed by atoms with van der Waals surface area (Å²) in [5, 5.41) is 0. The third-order valence-corrected chi connectivity index (χ3v) is 10.2. The van der Waals surface area contributed by atoms with E-state index < -0.39 is 0 Å². The highest BCUT2D eigenvalue weighted by Gasteiger charge is 2.26. The lowest BCUT2D eigenvalue weighted by molar-refractivity contribution is 0.418. The summed E-state index contributed by atoms with van der Waals surface area (Å²) in [6.45, 7) is 0. The smallest absolute Gasteiger partial charge is 0.130 e. The third kappa shape index (κ3) is 7.33. The van der Waals surface area contributed by atoms with Crippen LogP contribution in [0.1, 0.15) is 110 Å². The van der Waals surface area contributed by atoms with Crippen LogP contribution in [0.25, 0.3) is 0 Å². The van der Waals surface area contributed by atoms with Crippen LogP contribution in [0.2, 0.25) is 0 Å². The second-order valence-electron chi connectivity index (χ2n) is 13.5. The molecule has 5 aromatic carbocycles. The molecule has 4 nitrogen and oxygen atoms in total. The fourth-order valence-corrected chi connectivity index (χ4v) is 7.69. The lowest BCUT2D eigenvalue weighted by Gasteiger charge is -2.28. The van der Waals surface area contributed by atoms with Crippen molar-refractivity contribution in [1.29, 1.82) is 0 Å². The van der Waals surface area contributed by atoms with Crippen molar-refractivity contribution in [2.75, 3.05) is 11.5 Å². The van der Waals surface area contributed by atoms with Crippen LogP contribution in [0.15, 0.2) is 115 Å². The van der Waals surface area contributed by atoms with Crippen molar-refractivity contribution in [2.45, 2.75) is 82.0 Å². The highest BCUT2D eigenvalue weighted by atomic mass is 16.5. The maximum absolute atomic E-state index is 6.56. The van der Waals surface area contributed by atoms with Crippen LogP contribution < -0.4 is 20.9 Å². The van der Waals surface area contributed by atoms with Crippen molar-refractivity contribution in [3.8, 4) is 23.0 Å². The van der Waals surface area contributed by atoms with Gasteiger partial charge in [0.1, 0.15) is 23.0 Å². The van der Waals surface area contributed by atoms with Gasteiger partial charge in [0.05, 0.1) is 0 Å². The summed E-state index contributed by atoms with van der Waals surface area (Å²) in [6.07, 6.45) is 12.5. The predicted octanol–water partition coefficient (Wildman–Crippen LogP) is 11.7. The Morgan fingerprint density at radius 1 is 0.447 bits per heavy atom. The number of hydrogen-bond donors (Lipinski definition) is 2. The van der Waals surface area contributed by atoms with Gasteiger partial charge in [-0.1, -0.05) is 93.1 Å². The number of rotatable bonds is 9. The number of ether oxygens (including phenoxy) is 2. The van der Waals surface area contributed by atoms with Gasteiger partial charge < -0.3 is 20.9 Å². The van der Waals surface area contributed by atoms with Gasteiger partial charge in [-0.15, -0.1) is 0 Å². The van der Waals surface area contributed by atoms with E-state index in [1.54, 1.807) is 0 Å². The molecule has 47 heavy (non-hydrogen) atoms. The summed E-state index contributed by atoms with van der Waals surface area (Å²) < 4.78 is 13.1. The highest BCUT2D eigenvalue weighted by Crippen LogP contribution is 2.45. The van der Waals surface area contributed by atoms with Gasteiger partial charge in [-0.05, 0) is 126 Å². The molecule has 2 aliphatic rings. The number of benzene rings is 5. The van der Waals surface area contributed by atoms with Crippen LogP contribution in [0.5, 0.6) is 23.0 Å². The number of nitrogen functional groups attached to an aromatic ring is 2. The maximum Gasteiger partial charge on any atom is 0.130 e. The van der Waals surface area contributed by atoms with E-state index >= 15 is 0 Å². The largest absolute Gasteiger partial charge is 0.457 e. The Hall–Kier alpha value is -4.70.